The molecule has 2 aromatic heterocycles. The van der Waals surface area contributed by atoms with E-state index >= 15 is 0 Å². The third-order valence-electron chi connectivity index (χ3n) is 4.55. The summed E-state index contributed by atoms with van der Waals surface area (Å²) in [6, 6.07) is 8.06. The maximum absolute atomic E-state index is 5.95. The Labute approximate surface area is 151 Å². The molecular weight excluding hydrogens is 338 g/mol. The van der Waals surface area contributed by atoms with Crippen LogP contribution in [0, 0.1) is 0 Å². The zero-order valence-electron chi connectivity index (χ0n) is 13.7. The van der Waals surface area contributed by atoms with Gasteiger partial charge in [0.2, 0.25) is 0 Å². The van der Waals surface area contributed by atoms with Gasteiger partial charge in [0, 0.05) is 22.9 Å². The van der Waals surface area contributed by atoms with Crippen molar-refractivity contribution >= 4 is 39.0 Å². The molecular formula is C19H20ClN3S. The van der Waals surface area contributed by atoms with Gasteiger partial charge in [-0.05, 0) is 48.9 Å². The summed E-state index contributed by atoms with van der Waals surface area (Å²) < 4.78 is 0. The molecule has 0 atom stereocenters. The standard InChI is InChI=1S/C19H20ClN3S/c1-2-16-22-18(21-11-10-12-6-8-13(20)9-7-12)17-14-4-3-5-15(14)24-19(17)23-16/h6-9H,2-5,10-11H2,1H3,(H,21,22,23). The molecule has 1 aliphatic rings. The fourth-order valence-corrected chi connectivity index (χ4v) is 4.71. The first-order valence-electron chi connectivity index (χ1n) is 8.54. The van der Waals surface area contributed by atoms with E-state index in [2.05, 4.69) is 24.4 Å². The molecule has 3 aromatic rings. The highest BCUT2D eigenvalue weighted by molar-refractivity contribution is 7.19. The molecule has 0 fully saturated rings. The molecule has 1 aromatic carbocycles. The highest BCUT2D eigenvalue weighted by Gasteiger charge is 2.21. The minimum absolute atomic E-state index is 0.783. The second-order valence-corrected chi connectivity index (χ2v) is 7.70. The molecule has 0 saturated heterocycles. The van der Waals surface area contributed by atoms with Gasteiger partial charge < -0.3 is 5.32 Å². The third-order valence-corrected chi connectivity index (χ3v) is 5.98. The maximum Gasteiger partial charge on any atom is 0.138 e. The first kappa shape index (κ1) is 15.9. The van der Waals surface area contributed by atoms with Crippen molar-refractivity contribution in [2.24, 2.45) is 0 Å². The summed E-state index contributed by atoms with van der Waals surface area (Å²) in [5, 5.41) is 5.61. The van der Waals surface area contributed by atoms with Gasteiger partial charge in [0.25, 0.3) is 0 Å². The number of halogens is 1. The van der Waals surface area contributed by atoms with Crippen LogP contribution in [0.2, 0.25) is 5.02 Å². The Hall–Kier alpha value is -1.65. The van der Waals surface area contributed by atoms with Crippen molar-refractivity contribution in [1.29, 1.82) is 0 Å². The number of nitrogens with zero attached hydrogens (tertiary/aromatic N) is 2. The van der Waals surface area contributed by atoms with Crippen LogP contribution < -0.4 is 5.32 Å². The fourth-order valence-electron chi connectivity index (χ4n) is 3.30. The van der Waals surface area contributed by atoms with Gasteiger partial charge >= 0.3 is 0 Å². The van der Waals surface area contributed by atoms with E-state index in [1.165, 1.54) is 34.2 Å². The van der Waals surface area contributed by atoms with Crippen LogP contribution in [-0.2, 0) is 25.7 Å². The highest BCUT2D eigenvalue weighted by atomic mass is 35.5. The van der Waals surface area contributed by atoms with E-state index in [9.17, 15) is 0 Å². The predicted octanol–water partition coefficient (Wildman–Crippen LogP) is 5.05. The number of fused-ring (bicyclic) bond motifs is 3. The topological polar surface area (TPSA) is 37.8 Å². The van der Waals surface area contributed by atoms with E-state index in [-0.39, 0.29) is 0 Å². The molecule has 0 aliphatic heterocycles. The van der Waals surface area contributed by atoms with Crippen LogP contribution in [0.5, 0.6) is 0 Å². The Kier molecular flexibility index (Phi) is 4.42. The van der Waals surface area contributed by atoms with Crippen LogP contribution in [0.3, 0.4) is 0 Å². The van der Waals surface area contributed by atoms with Gasteiger partial charge in [-0.1, -0.05) is 30.7 Å². The van der Waals surface area contributed by atoms with Crippen LogP contribution in [0.4, 0.5) is 5.82 Å². The average molecular weight is 358 g/mol. The molecule has 24 heavy (non-hydrogen) atoms. The number of rotatable bonds is 5. The quantitative estimate of drug-likeness (QED) is 0.694. The van der Waals surface area contributed by atoms with Crippen molar-refractivity contribution in [3.63, 3.8) is 0 Å². The summed E-state index contributed by atoms with van der Waals surface area (Å²) in [4.78, 5) is 12.2. The van der Waals surface area contributed by atoms with Crippen molar-refractivity contribution < 1.29 is 0 Å². The zero-order chi connectivity index (χ0) is 16.5. The van der Waals surface area contributed by atoms with E-state index in [0.29, 0.717) is 0 Å². The Morgan fingerprint density at radius 2 is 2.00 bits per heavy atom. The van der Waals surface area contributed by atoms with Crippen molar-refractivity contribution in [3.05, 3.63) is 51.1 Å². The normalized spacial score (nSPS) is 13.4. The number of aromatic nitrogens is 2. The summed E-state index contributed by atoms with van der Waals surface area (Å²) in [7, 11) is 0. The van der Waals surface area contributed by atoms with Gasteiger partial charge in [0.05, 0.1) is 5.39 Å². The summed E-state index contributed by atoms with van der Waals surface area (Å²) in [6.45, 7) is 2.97. The van der Waals surface area contributed by atoms with Crippen molar-refractivity contribution in [3.8, 4) is 0 Å². The van der Waals surface area contributed by atoms with Gasteiger partial charge in [-0.2, -0.15) is 0 Å². The molecule has 2 heterocycles. The highest BCUT2D eigenvalue weighted by Crippen LogP contribution is 2.39. The number of aryl methyl sites for hydroxylation is 3. The Morgan fingerprint density at radius 1 is 1.17 bits per heavy atom. The largest absolute Gasteiger partial charge is 0.369 e. The minimum Gasteiger partial charge on any atom is -0.369 e. The van der Waals surface area contributed by atoms with Crippen LogP contribution in [0.25, 0.3) is 10.2 Å². The number of hydrogen-bond acceptors (Lipinski definition) is 4. The molecule has 0 radical (unpaired) electrons. The molecule has 5 heteroatoms. The minimum atomic E-state index is 0.783. The summed E-state index contributed by atoms with van der Waals surface area (Å²) in [5.41, 5.74) is 2.76. The lowest BCUT2D eigenvalue weighted by molar-refractivity contribution is 0.914. The number of nitrogens with one attached hydrogen (secondary N) is 1. The second-order valence-electron chi connectivity index (χ2n) is 6.18. The van der Waals surface area contributed by atoms with Gasteiger partial charge in [-0.3, -0.25) is 0 Å². The van der Waals surface area contributed by atoms with Crippen LogP contribution in [0.1, 0.15) is 35.2 Å². The molecule has 1 N–H and O–H groups in total. The summed E-state index contributed by atoms with van der Waals surface area (Å²) in [6.07, 6.45) is 5.44. The summed E-state index contributed by atoms with van der Waals surface area (Å²) in [5.74, 6) is 1.95. The smallest absolute Gasteiger partial charge is 0.138 e. The van der Waals surface area contributed by atoms with Crippen molar-refractivity contribution in [2.45, 2.75) is 39.0 Å². The fraction of sp³-hybridized carbons (Fsp3) is 0.368. The predicted molar refractivity (Wildman–Crippen MR) is 102 cm³/mol. The lowest BCUT2D eigenvalue weighted by Crippen LogP contribution is -2.08. The number of anilines is 1. The molecule has 1 aliphatic carbocycles. The molecule has 4 rings (SSSR count). The van der Waals surface area contributed by atoms with E-state index < -0.39 is 0 Å². The van der Waals surface area contributed by atoms with Gasteiger partial charge in [-0.25, -0.2) is 9.97 Å². The molecule has 0 bridgehead atoms. The first-order valence-corrected chi connectivity index (χ1v) is 9.73. The van der Waals surface area contributed by atoms with Crippen molar-refractivity contribution in [1.82, 2.24) is 9.97 Å². The molecule has 0 spiro atoms. The van der Waals surface area contributed by atoms with E-state index in [4.69, 9.17) is 21.6 Å². The molecule has 124 valence electrons. The molecule has 0 amide bonds. The van der Waals surface area contributed by atoms with Gasteiger partial charge in [0.1, 0.15) is 16.5 Å². The van der Waals surface area contributed by atoms with Crippen LogP contribution in [-0.4, -0.2) is 16.5 Å². The van der Waals surface area contributed by atoms with Crippen LogP contribution >= 0.6 is 22.9 Å². The van der Waals surface area contributed by atoms with Gasteiger partial charge in [-0.15, -0.1) is 11.3 Å². The SMILES string of the molecule is CCc1nc(NCCc2ccc(Cl)cc2)c2c3c(sc2n1)CCC3. The van der Waals surface area contributed by atoms with E-state index in [0.717, 1.165) is 47.3 Å². The number of thiophene rings is 1. The molecule has 3 nitrogen and oxygen atoms in total. The lowest BCUT2D eigenvalue weighted by Gasteiger charge is -2.10. The Bertz CT molecular complexity index is 870. The van der Waals surface area contributed by atoms with E-state index in [1.54, 1.807) is 0 Å². The lowest BCUT2D eigenvalue weighted by atomic mass is 10.1. The third kappa shape index (κ3) is 3.01. The van der Waals surface area contributed by atoms with Crippen molar-refractivity contribution in [2.75, 3.05) is 11.9 Å². The van der Waals surface area contributed by atoms with Gasteiger partial charge in [0.15, 0.2) is 0 Å². The molecule has 0 unspecified atom stereocenters. The zero-order valence-corrected chi connectivity index (χ0v) is 15.3. The van der Waals surface area contributed by atoms with E-state index in [1.807, 2.05) is 23.5 Å². The van der Waals surface area contributed by atoms with Crippen LogP contribution in [0.15, 0.2) is 24.3 Å². The Morgan fingerprint density at radius 3 is 2.79 bits per heavy atom. The average Bonchev–Trinajstić information content (AvgIpc) is 3.17. The Balaban J connectivity index is 1.59. The first-order chi connectivity index (χ1) is 11.7. The monoisotopic (exact) mass is 357 g/mol. The summed E-state index contributed by atoms with van der Waals surface area (Å²) >= 11 is 7.81. The molecule has 0 saturated carbocycles. The second kappa shape index (κ2) is 6.69. The maximum atomic E-state index is 5.95. The number of benzene rings is 1. The number of hydrogen-bond donors (Lipinski definition) is 1.